The Kier molecular flexibility index (Phi) is 9.74. The van der Waals surface area contributed by atoms with E-state index in [2.05, 4.69) is 0 Å². The molecule has 37 heavy (non-hydrogen) atoms. The van der Waals surface area contributed by atoms with Gasteiger partial charge in [-0.25, -0.2) is 9.59 Å². The van der Waals surface area contributed by atoms with Crippen LogP contribution in [0, 0.1) is 5.41 Å². The molecule has 0 spiro atoms. The molecule has 0 aliphatic rings. The molecular weight excluding hydrogens is 521 g/mol. The van der Waals surface area contributed by atoms with E-state index >= 15 is 0 Å². The van der Waals surface area contributed by atoms with Crippen LogP contribution < -0.4 is 9.64 Å². The van der Waals surface area contributed by atoms with E-state index in [1.54, 1.807) is 39.0 Å². The summed E-state index contributed by atoms with van der Waals surface area (Å²) >= 11 is 12.1. The van der Waals surface area contributed by atoms with Crippen LogP contribution in [0.25, 0.3) is 0 Å². The molecule has 0 aliphatic carbocycles. The zero-order valence-electron chi connectivity index (χ0n) is 21.7. The van der Waals surface area contributed by atoms with E-state index in [1.165, 1.54) is 23.1 Å². The molecule has 0 fully saturated rings. The van der Waals surface area contributed by atoms with Gasteiger partial charge < -0.3 is 19.5 Å². The van der Waals surface area contributed by atoms with Crippen LogP contribution in [0.3, 0.4) is 0 Å². The summed E-state index contributed by atoms with van der Waals surface area (Å²) in [5.41, 5.74) is -0.639. The molecule has 0 bridgehead atoms. The third-order valence-corrected chi connectivity index (χ3v) is 6.87. The van der Waals surface area contributed by atoms with Crippen LogP contribution in [0.4, 0.5) is 5.69 Å². The van der Waals surface area contributed by atoms with Gasteiger partial charge in [0.2, 0.25) is 11.7 Å². The molecule has 0 atom stereocenters. The van der Waals surface area contributed by atoms with E-state index < -0.39 is 41.1 Å². The predicted octanol–water partition coefficient (Wildman–Crippen LogP) is 5.95. The molecule has 1 amide bonds. The van der Waals surface area contributed by atoms with Gasteiger partial charge in [-0.05, 0) is 50.6 Å². The van der Waals surface area contributed by atoms with Crippen LogP contribution in [-0.2, 0) is 25.7 Å². The van der Waals surface area contributed by atoms with E-state index in [0.717, 1.165) is 0 Å². The van der Waals surface area contributed by atoms with Gasteiger partial charge in [-0.3, -0.25) is 9.59 Å². The Morgan fingerprint density at radius 2 is 1.59 bits per heavy atom. The number of ether oxygens (including phenoxy) is 2. The summed E-state index contributed by atoms with van der Waals surface area (Å²) in [4.78, 5) is 51.4. The number of esters is 1. The number of amides is 1. The molecule has 200 valence electrons. The fourth-order valence-electron chi connectivity index (χ4n) is 3.02. The highest BCUT2D eigenvalue weighted by Gasteiger charge is 2.38. The summed E-state index contributed by atoms with van der Waals surface area (Å²) in [7, 11) is 0. The van der Waals surface area contributed by atoms with Gasteiger partial charge in [0.15, 0.2) is 0 Å². The molecule has 0 saturated carbocycles. The number of carboxylic acids is 1. The monoisotopic (exact) mass is 551 g/mol. The predicted molar refractivity (Wildman–Crippen MR) is 141 cm³/mol. The lowest BCUT2D eigenvalue weighted by Crippen LogP contribution is -2.43. The standard InChI is InChI=1S/C27H31Cl2NO7/c1-7-36-22-13-17(9-10-18(22)24(33)34)30(15-16-8-11-19(28)20(29)12-16)23(32)14-21(31)25(35)37-27(5,6)26(2,3)4/h8-13H,7,14-15H2,1-6H3,(H,33,34). The smallest absolute Gasteiger partial charge is 0.375 e. The number of carbonyl (C=O) groups excluding carboxylic acids is 3. The number of hydrogen-bond acceptors (Lipinski definition) is 6. The third kappa shape index (κ3) is 7.69. The van der Waals surface area contributed by atoms with Crippen LogP contribution in [-0.4, -0.2) is 40.9 Å². The summed E-state index contributed by atoms with van der Waals surface area (Å²) in [5, 5.41) is 10.1. The van der Waals surface area contributed by atoms with E-state index in [0.29, 0.717) is 10.6 Å². The van der Waals surface area contributed by atoms with Crippen LogP contribution in [0.5, 0.6) is 5.75 Å². The van der Waals surface area contributed by atoms with E-state index in [-0.39, 0.29) is 35.2 Å². The molecular formula is C27H31Cl2NO7. The quantitative estimate of drug-likeness (QED) is 0.220. The number of anilines is 1. The SMILES string of the molecule is CCOc1cc(N(Cc2ccc(Cl)c(Cl)c2)C(=O)CC(=O)C(=O)OC(C)(C)C(C)(C)C)ccc1C(=O)O. The fraction of sp³-hybridized carbons (Fsp3) is 0.407. The molecule has 0 heterocycles. The Bertz CT molecular complexity index is 1200. The van der Waals surface area contributed by atoms with Crippen molar-refractivity contribution in [2.24, 2.45) is 5.41 Å². The topological polar surface area (TPSA) is 110 Å². The highest BCUT2D eigenvalue weighted by Crippen LogP contribution is 2.33. The summed E-state index contributed by atoms with van der Waals surface area (Å²) in [6, 6.07) is 8.92. The number of halogens is 2. The molecule has 2 aromatic carbocycles. The summed E-state index contributed by atoms with van der Waals surface area (Å²) < 4.78 is 10.9. The summed E-state index contributed by atoms with van der Waals surface area (Å²) in [6.45, 7) is 10.8. The molecule has 0 aliphatic heterocycles. The van der Waals surface area contributed by atoms with E-state index in [1.807, 2.05) is 20.8 Å². The van der Waals surface area contributed by atoms with Crippen molar-refractivity contribution in [3.63, 3.8) is 0 Å². The first-order chi connectivity index (χ1) is 17.1. The lowest BCUT2D eigenvalue weighted by molar-refractivity contribution is -0.172. The second kappa shape index (κ2) is 12.0. The maximum absolute atomic E-state index is 13.3. The Morgan fingerprint density at radius 3 is 2.14 bits per heavy atom. The van der Waals surface area contributed by atoms with Gasteiger partial charge >= 0.3 is 11.9 Å². The van der Waals surface area contributed by atoms with E-state index in [9.17, 15) is 24.3 Å². The zero-order valence-corrected chi connectivity index (χ0v) is 23.2. The van der Waals surface area contributed by atoms with Crippen molar-refractivity contribution in [2.45, 2.75) is 60.1 Å². The van der Waals surface area contributed by atoms with Crippen molar-refractivity contribution < 1.29 is 33.8 Å². The van der Waals surface area contributed by atoms with Crippen LogP contribution in [0.15, 0.2) is 36.4 Å². The van der Waals surface area contributed by atoms with E-state index in [4.69, 9.17) is 32.7 Å². The molecule has 10 heteroatoms. The molecule has 0 saturated heterocycles. The number of Topliss-reactive ketones (excluding diaryl/α,β-unsaturated/α-hetero) is 1. The Hall–Kier alpha value is -3.10. The number of carbonyl (C=O) groups is 4. The lowest BCUT2D eigenvalue weighted by Gasteiger charge is -2.37. The molecule has 2 aromatic rings. The number of rotatable bonds is 10. The fourth-order valence-corrected chi connectivity index (χ4v) is 3.34. The first-order valence-electron chi connectivity index (χ1n) is 11.6. The molecule has 1 N–H and O–H groups in total. The minimum Gasteiger partial charge on any atom is -0.493 e. The molecule has 0 radical (unpaired) electrons. The zero-order chi connectivity index (χ0) is 28.1. The number of hydrogen-bond donors (Lipinski definition) is 1. The minimum atomic E-state index is -1.20. The van der Waals surface area contributed by atoms with Crippen molar-refractivity contribution in [3.8, 4) is 5.75 Å². The normalized spacial score (nSPS) is 11.6. The molecule has 2 rings (SSSR count). The Morgan fingerprint density at radius 1 is 0.946 bits per heavy atom. The number of nitrogens with zero attached hydrogens (tertiary/aromatic N) is 1. The number of benzene rings is 2. The van der Waals surface area contributed by atoms with Crippen molar-refractivity contribution in [1.29, 1.82) is 0 Å². The van der Waals surface area contributed by atoms with Gasteiger partial charge in [0.1, 0.15) is 16.9 Å². The highest BCUT2D eigenvalue weighted by molar-refractivity contribution is 6.42. The first-order valence-corrected chi connectivity index (χ1v) is 12.3. The maximum Gasteiger partial charge on any atom is 0.375 e. The van der Waals surface area contributed by atoms with Gasteiger partial charge in [0, 0.05) is 17.2 Å². The molecule has 8 nitrogen and oxygen atoms in total. The minimum absolute atomic E-state index is 0.0382. The van der Waals surface area contributed by atoms with Crippen molar-refractivity contribution in [1.82, 2.24) is 0 Å². The van der Waals surface area contributed by atoms with Crippen molar-refractivity contribution in [3.05, 3.63) is 57.6 Å². The van der Waals surface area contributed by atoms with Gasteiger partial charge in [0.05, 0.1) is 29.6 Å². The second-order valence-electron chi connectivity index (χ2n) is 9.90. The summed E-state index contributed by atoms with van der Waals surface area (Å²) in [5.74, 6) is -3.96. The number of ketones is 1. The maximum atomic E-state index is 13.3. The average molecular weight is 552 g/mol. The van der Waals surface area contributed by atoms with Gasteiger partial charge in [-0.2, -0.15) is 0 Å². The van der Waals surface area contributed by atoms with Gasteiger partial charge in [0.25, 0.3) is 0 Å². The van der Waals surface area contributed by atoms with Gasteiger partial charge in [-0.1, -0.05) is 50.0 Å². The first kappa shape index (κ1) is 30.1. The summed E-state index contributed by atoms with van der Waals surface area (Å²) in [6.07, 6.45) is -0.759. The Balaban J connectivity index is 2.41. The number of carboxylic acid groups (broad SMARTS) is 1. The van der Waals surface area contributed by atoms with Gasteiger partial charge in [-0.15, -0.1) is 0 Å². The molecule has 0 aromatic heterocycles. The largest absolute Gasteiger partial charge is 0.493 e. The molecule has 0 unspecified atom stereocenters. The van der Waals surface area contributed by atoms with Crippen molar-refractivity contribution in [2.75, 3.05) is 11.5 Å². The van der Waals surface area contributed by atoms with Crippen LogP contribution in [0.1, 0.15) is 63.9 Å². The van der Waals surface area contributed by atoms with Crippen LogP contribution in [0.2, 0.25) is 10.0 Å². The average Bonchev–Trinajstić information content (AvgIpc) is 2.78. The second-order valence-corrected chi connectivity index (χ2v) is 10.7. The number of aromatic carboxylic acids is 1. The highest BCUT2D eigenvalue weighted by atomic mass is 35.5. The third-order valence-electron chi connectivity index (χ3n) is 6.13. The Labute approximate surface area is 226 Å². The lowest BCUT2D eigenvalue weighted by atomic mass is 9.79. The van der Waals surface area contributed by atoms with Crippen molar-refractivity contribution >= 4 is 52.5 Å². The van der Waals surface area contributed by atoms with Crippen LogP contribution >= 0.6 is 23.2 Å².